The minimum Gasteiger partial charge on any atom is -0.336 e. The Morgan fingerprint density at radius 3 is 2.47 bits per heavy atom. The molecular formula is C28H32FN3O3S. The number of piperazine rings is 1. The number of nitrogens with zero attached hydrogens (tertiary/aromatic N) is 3. The average molecular weight is 510 g/mol. The lowest BCUT2D eigenvalue weighted by Crippen LogP contribution is -2.50. The lowest BCUT2D eigenvalue weighted by Gasteiger charge is -2.37. The van der Waals surface area contributed by atoms with Gasteiger partial charge in [0.25, 0.3) is 5.91 Å². The van der Waals surface area contributed by atoms with Gasteiger partial charge in [-0.05, 0) is 48.6 Å². The summed E-state index contributed by atoms with van der Waals surface area (Å²) < 4.78 is 41.3. The molecule has 1 aromatic heterocycles. The number of hydrogen-bond donors (Lipinski definition) is 0. The maximum absolute atomic E-state index is 15.0. The molecule has 6 nitrogen and oxygen atoms in total. The molecule has 8 heteroatoms. The fourth-order valence-corrected chi connectivity index (χ4v) is 7.01. The van der Waals surface area contributed by atoms with Crippen molar-refractivity contribution in [1.82, 2.24) is 14.8 Å². The molecule has 1 aliphatic heterocycles. The van der Waals surface area contributed by atoms with Crippen LogP contribution >= 0.6 is 0 Å². The molecule has 36 heavy (non-hydrogen) atoms. The minimum absolute atomic E-state index is 0.0105. The van der Waals surface area contributed by atoms with E-state index in [9.17, 15) is 13.2 Å². The SMILES string of the molecule is O=C(c1ccc(CS(=O)(=O)c2cccc3cccnc23)cc1F)N1CCN(CC2CCCCC2)CC1. The predicted octanol–water partition coefficient (Wildman–Crippen LogP) is 4.69. The molecule has 2 aliphatic rings. The molecule has 1 saturated heterocycles. The number of halogens is 1. The van der Waals surface area contributed by atoms with E-state index < -0.39 is 15.7 Å². The number of fused-ring (bicyclic) bond motifs is 1. The highest BCUT2D eigenvalue weighted by molar-refractivity contribution is 7.90. The summed E-state index contributed by atoms with van der Waals surface area (Å²) in [7, 11) is -3.76. The van der Waals surface area contributed by atoms with Crippen LogP contribution in [-0.4, -0.2) is 61.8 Å². The third kappa shape index (κ3) is 5.44. The van der Waals surface area contributed by atoms with Crippen molar-refractivity contribution in [1.29, 1.82) is 0 Å². The summed E-state index contributed by atoms with van der Waals surface area (Å²) >= 11 is 0. The van der Waals surface area contributed by atoms with Gasteiger partial charge in [-0.1, -0.05) is 43.5 Å². The zero-order valence-corrected chi connectivity index (χ0v) is 21.2. The fourth-order valence-electron chi connectivity index (χ4n) is 5.48. The largest absolute Gasteiger partial charge is 0.336 e. The Kier molecular flexibility index (Phi) is 7.34. The number of carbonyl (C=O) groups excluding carboxylic acids is 1. The molecule has 0 unspecified atom stereocenters. The topological polar surface area (TPSA) is 70.6 Å². The average Bonchev–Trinajstić information content (AvgIpc) is 2.89. The lowest BCUT2D eigenvalue weighted by atomic mass is 9.89. The van der Waals surface area contributed by atoms with Gasteiger partial charge in [-0.3, -0.25) is 14.7 Å². The van der Waals surface area contributed by atoms with Crippen LogP contribution in [0.1, 0.15) is 48.0 Å². The second-order valence-electron chi connectivity index (χ2n) is 10.0. The van der Waals surface area contributed by atoms with Gasteiger partial charge in [0, 0.05) is 44.3 Å². The second-order valence-corrected chi connectivity index (χ2v) is 12.0. The highest BCUT2D eigenvalue weighted by atomic mass is 32.2. The van der Waals surface area contributed by atoms with E-state index in [1.54, 1.807) is 35.4 Å². The molecule has 2 aromatic carbocycles. The zero-order valence-electron chi connectivity index (χ0n) is 20.4. The van der Waals surface area contributed by atoms with E-state index in [2.05, 4.69) is 9.88 Å². The third-order valence-corrected chi connectivity index (χ3v) is 9.16. The molecule has 0 atom stereocenters. The first kappa shape index (κ1) is 24.8. The molecule has 0 spiro atoms. The first-order valence-corrected chi connectivity index (χ1v) is 14.4. The molecule has 3 aromatic rings. The van der Waals surface area contributed by atoms with Crippen molar-refractivity contribution in [3.8, 4) is 0 Å². The molecule has 0 bridgehead atoms. The van der Waals surface area contributed by atoms with Crippen molar-refractivity contribution >= 4 is 26.6 Å². The summed E-state index contributed by atoms with van der Waals surface area (Å²) in [5.74, 6) is -0.633. The maximum Gasteiger partial charge on any atom is 0.256 e. The van der Waals surface area contributed by atoms with Crippen LogP contribution < -0.4 is 0 Å². The Hall–Kier alpha value is -2.84. The van der Waals surface area contributed by atoms with Gasteiger partial charge in [0.2, 0.25) is 0 Å². The van der Waals surface area contributed by atoms with Gasteiger partial charge in [0.1, 0.15) is 5.82 Å². The van der Waals surface area contributed by atoms with Gasteiger partial charge in [-0.25, -0.2) is 12.8 Å². The number of benzene rings is 2. The summed E-state index contributed by atoms with van der Waals surface area (Å²) in [5.41, 5.74) is 0.688. The first-order valence-electron chi connectivity index (χ1n) is 12.8. The smallest absolute Gasteiger partial charge is 0.256 e. The van der Waals surface area contributed by atoms with Crippen LogP contribution in [0.4, 0.5) is 4.39 Å². The molecule has 2 heterocycles. The number of para-hydroxylation sites is 1. The van der Waals surface area contributed by atoms with Crippen LogP contribution in [0.3, 0.4) is 0 Å². The van der Waals surface area contributed by atoms with Crippen molar-refractivity contribution in [2.24, 2.45) is 5.92 Å². The molecule has 5 rings (SSSR count). The van der Waals surface area contributed by atoms with Crippen LogP contribution in [0.5, 0.6) is 0 Å². The monoisotopic (exact) mass is 509 g/mol. The number of carbonyl (C=O) groups is 1. The van der Waals surface area contributed by atoms with Gasteiger partial charge >= 0.3 is 0 Å². The lowest BCUT2D eigenvalue weighted by molar-refractivity contribution is 0.0602. The normalized spacial score (nSPS) is 18.0. The third-order valence-electron chi connectivity index (χ3n) is 7.45. The van der Waals surface area contributed by atoms with E-state index in [1.807, 2.05) is 0 Å². The van der Waals surface area contributed by atoms with Crippen LogP contribution in [0.2, 0.25) is 0 Å². The zero-order chi connectivity index (χ0) is 25.1. The van der Waals surface area contributed by atoms with E-state index in [0.29, 0.717) is 24.2 Å². The number of pyridine rings is 1. The van der Waals surface area contributed by atoms with E-state index in [1.165, 1.54) is 56.4 Å². The van der Waals surface area contributed by atoms with Crippen molar-refractivity contribution in [2.75, 3.05) is 32.7 Å². The van der Waals surface area contributed by atoms with Gasteiger partial charge < -0.3 is 4.90 Å². The molecule has 0 radical (unpaired) electrons. The second kappa shape index (κ2) is 10.6. The molecule has 1 amide bonds. The Bertz CT molecular complexity index is 1340. The van der Waals surface area contributed by atoms with Crippen molar-refractivity contribution in [2.45, 2.75) is 42.8 Å². The summed E-state index contributed by atoms with van der Waals surface area (Å²) in [4.78, 5) is 21.5. The van der Waals surface area contributed by atoms with Crippen LogP contribution in [-0.2, 0) is 15.6 Å². The summed E-state index contributed by atoms with van der Waals surface area (Å²) in [6.07, 6.45) is 8.12. The van der Waals surface area contributed by atoms with E-state index in [0.717, 1.165) is 30.9 Å². The number of hydrogen-bond acceptors (Lipinski definition) is 5. The van der Waals surface area contributed by atoms with Crippen molar-refractivity contribution < 1.29 is 17.6 Å². The standard InChI is InChI=1S/C28H32FN3O3S/c29-25-18-22(20-36(34,35)26-10-4-8-23-9-5-13-30-27(23)26)11-12-24(25)28(33)32-16-14-31(15-17-32)19-21-6-2-1-3-7-21/h4-5,8-13,18,21H,1-3,6-7,14-17,19-20H2. The van der Waals surface area contributed by atoms with Gasteiger partial charge in [-0.2, -0.15) is 0 Å². The van der Waals surface area contributed by atoms with Crippen LogP contribution in [0.15, 0.2) is 59.6 Å². The molecule has 1 saturated carbocycles. The quantitative estimate of drug-likeness (QED) is 0.482. The fraction of sp³-hybridized carbons (Fsp3) is 0.429. The van der Waals surface area contributed by atoms with Crippen molar-refractivity contribution in [3.05, 3.63) is 71.7 Å². The van der Waals surface area contributed by atoms with Gasteiger partial charge in [0.05, 0.1) is 21.7 Å². The summed E-state index contributed by atoms with van der Waals surface area (Å²) in [6, 6.07) is 12.7. The number of rotatable bonds is 6. The van der Waals surface area contributed by atoms with Crippen molar-refractivity contribution in [3.63, 3.8) is 0 Å². The molecular weight excluding hydrogens is 477 g/mol. The Labute approximate surface area is 212 Å². The van der Waals surface area contributed by atoms with Gasteiger partial charge in [-0.15, -0.1) is 0 Å². The van der Waals surface area contributed by atoms with Crippen LogP contribution in [0.25, 0.3) is 10.9 Å². The van der Waals surface area contributed by atoms with E-state index >= 15 is 4.39 Å². The highest BCUT2D eigenvalue weighted by Gasteiger charge is 2.27. The van der Waals surface area contributed by atoms with Gasteiger partial charge in [0.15, 0.2) is 9.84 Å². The number of amides is 1. The highest BCUT2D eigenvalue weighted by Crippen LogP contribution is 2.26. The summed E-state index contributed by atoms with van der Waals surface area (Å²) in [5, 5.41) is 0.726. The molecule has 0 N–H and O–H groups in total. The van der Waals surface area contributed by atoms with E-state index in [4.69, 9.17) is 0 Å². The Morgan fingerprint density at radius 1 is 0.972 bits per heavy atom. The first-order chi connectivity index (χ1) is 17.4. The Balaban J connectivity index is 1.24. The minimum atomic E-state index is -3.76. The number of aromatic nitrogens is 1. The molecule has 190 valence electrons. The molecule has 1 aliphatic carbocycles. The maximum atomic E-state index is 15.0. The van der Waals surface area contributed by atoms with Crippen LogP contribution in [0, 0.1) is 11.7 Å². The Morgan fingerprint density at radius 2 is 1.72 bits per heavy atom. The summed E-state index contributed by atoms with van der Waals surface area (Å²) in [6.45, 7) is 3.86. The predicted molar refractivity (Wildman–Crippen MR) is 138 cm³/mol. The number of sulfone groups is 1. The van der Waals surface area contributed by atoms with E-state index in [-0.39, 0.29) is 22.1 Å². The molecule has 2 fully saturated rings.